The number of carboxylic acids is 1. The maximum atomic E-state index is 11.0. The summed E-state index contributed by atoms with van der Waals surface area (Å²) in [5.74, 6) is -1.08. The smallest absolute Gasteiger partial charge is 0.308 e. The van der Waals surface area contributed by atoms with Crippen LogP contribution in [0.5, 0.6) is 0 Å². The van der Waals surface area contributed by atoms with Crippen molar-refractivity contribution in [2.75, 3.05) is 18.0 Å². The molecule has 0 bridgehead atoms. The van der Waals surface area contributed by atoms with Gasteiger partial charge in [0.25, 0.3) is 0 Å². The van der Waals surface area contributed by atoms with Crippen LogP contribution in [0.1, 0.15) is 18.4 Å². The SMILES string of the molecule is N#Cc1ccc(N2CCCC(C(=O)O)C2)cc1Cl. The van der Waals surface area contributed by atoms with Crippen molar-refractivity contribution in [2.45, 2.75) is 12.8 Å². The lowest BCUT2D eigenvalue weighted by Gasteiger charge is -2.32. The molecule has 1 fully saturated rings. The van der Waals surface area contributed by atoms with Crippen LogP contribution in [0.2, 0.25) is 5.02 Å². The van der Waals surface area contributed by atoms with E-state index in [1.54, 1.807) is 12.1 Å². The number of anilines is 1. The van der Waals surface area contributed by atoms with E-state index in [-0.39, 0.29) is 5.92 Å². The summed E-state index contributed by atoms with van der Waals surface area (Å²) in [6, 6.07) is 7.22. The van der Waals surface area contributed by atoms with Gasteiger partial charge in [-0.05, 0) is 31.0 Å². The summed E-state index contributed by atoms with van der Waals surface area (Å²) in [5, 5.41) is 18.3. The van der Waals surface area contributed by atoms with Crippen molar-refractivity contribution in [2.24, 2.45) is 5.92 Å². The van der Waals surface area contributed by atoms with Gasteiger partial charge in [0.2, 0.25) is 0 Å². The lowest BCUT2D eigenvalue weighted by molar-refractivity contribution is -0.141. The van der Waals surface area contributed by atoms with Gasteiger partial charge < -0.3 is 10.0 Å². The van der Waals surface area contributed by atoms with Gasteiger partial charge in [-0.3, -0.25) is 4.79 Å². The Kier molecular flexibility index (Phi) is 3.73. The second-order valence-corrected chi connectivity index (χ2v) is 4.81. The molecule has 1 unspecified atom stereocenters. The number of carboxylic acid groups (broad SMARTS) is 1. The third kappa shape index (κ3) is 2.57. The molecule has 1 aromatic rings. The van der Waals surface area contributed by atoms with Gasteiger partial charge in [-0.2, -0.15) is 5.26 Å². The number of hydrogen-bond acceptors (Lipinski definition) is 3. The van der Waals surface area contributed by atoms with Crippen LogP contribution in [-0.2, 0) is 4.79 Å². The first-order chi connectivity index (χ1) is 8.61. The third-order valence-electron chi connectivity index (χ3n) is 3.21. The van der Waals surface area contributed by atoms with Gasteiger partial charge in [0, 0.05) is 18.8 Å². The second kappa shape index (κ2) is 5.28. The highest BCUT2D eigenvalue weighted by molar-refractivity contribution is 6.32. The molecule has 0 radical (unpaired) electrons. The van der Waals surface area contributed by atoms with E-state index in [2.05, 4.69) is 0 Å². The molecule has 1 aliphatic heterocycles. The number of carbonyl (C=O) groups is 1. The quantitative estimate of drug-likeness (QED) is 0.891. The Morgan fingerprint density at radius 1 is 1.56 bits per heavy atom. The van der Waals surface area contributed by atoms with Gasteiger partial charge in [0.05, 0.1) is 16.5 Å². The number of aliphatic carboxylic acids is 1. The summed E-state index contributed by atoms with van der Waals surface area (Å²) < 4.78 is 0. The molecule has 0 amide bonds. The minimum absolute atomic E-state index is 0.326. The zero-order valence-electron chi connectivity index (χ0n) is 9.77. The molecule has 1 saturated heterocycles. The first-order valence-corrected chi connectivity index (χ1v) is 6.17. The molecule has 1 atom stereocenters. The number of nitriles is 1. The number of rotatable bonds is 2. The maximum Gasteiger partial charge on any atom is 0.308 e. The van der Waals surface area contributed by atoms with E-state index >= 15 is 0 Å². The third-order valence-corrected chi connectivity index (χ3v) is 3.52. The molecule has 0 aromatic heterocycles. The molecular weight excluding hydrogens is 252 g/mol. The molecule has 2 rings (SSSR count). The van der Waals surface area contributed by atoms with E-state index in [1.807, 2.05) is 17.0 Å². The van der Waals surface area contributed by atoms with Gasteiger partial charge in [0.15, 0.2) is 0 Å². The first kappa shape index (κ1) is 12.7. The Hall–Kier alpha value is -1.73. The average molecular weight is 265 g/mol. The fourth-order valence-corrected chi connectivity index (χ4v) is 2.42. The van der Waals surface area contributed by atoms with Crippen LogP contribution < -0.4 is 4.90 Å². The fraction of sp³-hybridized carbons (Fsp3) is 0.385. The first-order valence-electron chi connectivity index (χ1n) is 5.79. The lowest BCUT2D eigenvalue weighted by atomic mass is 9.98. The molecule has 5 heteroatoms. The normalized spacial score (nSPS) is 19.3. The number of hydrogen-bond donors (Lipinski definition) is 1. The summed E-state index contributed by atoms with van der Waals surface area (Å²) >= 11 is 5.98. The molecule has 0 spiro atoms. The highest BCUT2D eigenvalue weighted by atomic mass is 35.5. The van der Waals surface area contributed by atoms with Gasteiger partial charge in [-0.1, -0.05) is 11.6 Å². The molecule has 1 aliphatic rings. The zero-order valence-corrected chi connectivity index (χ0v) is 10.5. The monoisotopic (exact) mass is 264 g/mol. The van der Waals surface area contributed by atoms with Gasteiger partial charge >= 0.3 is 5.97 Å². The molecule has 1 aromatic carbocycles. The molecule has 0 saturated carbocycles. The highest BCUT2D eigenvalue weighted by Gasteiger charge is 2.25. The molecule has 4 nitrogen and oxygen atoms in total. The number of piperidine rings is 1. The minimum Gasteiger partial charge on any atom is -0.481 e. The second-order valence-electron chi connectivity index (χ2n) is 4.40. The average Bonchev–Trinajstić information content (AvgIpc) is 2.38. The Morgan fingerprint density at radius 3 is 2.94 bits per heavy atom. The zero-order chi connectivity index (χ0) is 13.1. The van der Waals surface area contributed by atoms with E-state index < -0.39 is 5.97 Å². The lowest BCUT2D eigenvalue weighted by Crippen LogP contribution is -2.38. The number of benzene rings is 1. The maximum absolute atomic E-state index is 11.0. The van der Waals surface area contributed by atoms with Crippen LogP contribution in [0.3, 0.4) is 0 Å². The van der Waals surface area contributed by atoms with E-state index in [9.17, 15) is 4.79 Å². The van der Waals surface area contributed by atoms with Crippen molar-refractivity contribution in [1.82, 2.24) is 0 Å². The predicted octanol–water partition coefficient (Wildman–Crippen LogP) is 2.51. The molecule has 1 heterocycles. The van der Waals surface area contributed by atoms with E-state index in [0.717, 1.165) is 25.1 Å². The van der Waals surface area contributed by atoms with Crippen molar-refractivity contribution < 1.29 is 9.90 Å². The summed E-state index contributed by atoms with van der Waals surface area (Å²) in [5.41, 5.74) is 1.32. The van der Waals surface area contributed by atoms with Crippen LogP contribution >= 0.6 is 11.6 Å². The highest BCUT2D eigenvalue weighted by Crippen LogP contribution is 2.27. The van der Waals surface area contributed by atoms with Crippen molar-refractivity contribution >= 4 is 23.3 Å². The summed E-state index contributed by atoms with van der Waals surface area (Å²) in [7, 11) is 0. The molecule has 18 heavy (non-hydrogen) atoms. The van der Waals surface area contributed by atoms with Gasteiger partial charge in [-0.25, -0.2) is 0 Å². The summed E-state index contributed by atoms with van der Waals surface area (Å²) in [4.78, 5) is 13.0. The van der Waals surface area contributed by atoms with Crippen molar-refractivity contribution in [3.8, 4) is 6.07 Å². The van der Waals surface area contributed by atoms with E-state index in [0.29, 0.717) is 17.1 Å². The van der Waals surface area contributed by atoms with Gasteiger partial charge in [0.1, 0.15) is 6.07 Å². The standard InChI is InChI=1S/C13H13ClN2O2/c14-12-6-11(4-3-9(12)7-15)16-5-1-2-10(8-16)13(17)18/h3-4,6,10H,1-2,5,8H2,(H,17,18). The Bertz CT molecular complexity index is 510. The Morgan fingerprint density at radius 2 is 2.33 bits per heavy atom. The number of halogens is 1. The van der Waals surface area contributed by atoms with Crippen LogP contribution in [0.4, 0.5) is 5.69 Å². The van der Waals surface area contributed by atoms with Crippen LogP contribution in [0, 0.1) is 17.2 Å². The largest absolute Gasteiger partial charge is 0.481 e. The fourth-order valence-electron chi connectivity index (χ4n) is 2.20. The number of nitrogens with zero attached hydrogens (tertiary/aromatic N) is 2. The van der Waals surface area contributed by atoms with E-state index in [4.69, 9.17) is 22.0 Å². The topological polar surface area (TPSA) is 64.3 Å². The van der Waals surface area contributed by atoms with Crippen LogP contribution in [0.25, 0.3) is 0 Å². The molecule has 94 valence electrons. The minimum atomic E-state index is -0.751. The van der Waals surface area contributed by atoms with Gasteiger partial charge in [-0.15, -0.1) is 0 Å². The van der Waals surface area contributed by atoms with Crippen molar-refractivity contribution in [1.29, 1.82) is 5.26 Å². The molecule has 0 aliphatic carbocycles. The molecule has 1 N–H and O–H groups in total. The van der Waals surface area contributed by atoms with Crippen molar-refractivity contribution in [3.05, 3.63) is 28.8 Å². The van der Waals surface area contributed by atoms with Crippen molar-refractivity contribution in [3.63, 3.8) is 0 Å². The van der Waals surface area contributed by atoms with Crippen LogP contribution in [0.15, 0.2) is 18.2 Å². The summed E-state index contributed by atoms with van der Waals surface area (Å²) in [6.07, 6.45) is 1.57. The summed E-state index contributed by atoms with van der Waals surface area (Å²) in [6.45, 7) is 1.32. The predicted molar refractivity (Wildman–Crippen MR) is 68.7 cm³/mol. The Labute approximate surface area is 110 Å². The molecular formula is C13H13ClN2O2. The van der Waals surface area contributed by atoms with E-state index in [1.165, 1.54) is 0 Å². The Balaban J connectivity index is 2.19. The van der Waals surface area contributed by atoms with Crippen LogP contribution in [-0.4, -0.2) is 24.2 Å².